The zero-order valence-electron chi connectivity index (χ0n) is 15.0. The molecule has 0 aliphatic heterocycles. The van der Waals surface area contributed by atoms with Gasteiger partial charge in [0.1, 0.15) is 11.3 Å². The van der Waals surface area contributed by atoms with Crippen LogP contribution in [0, 0.1) is 6.92 Å². The highest BCUT2D eigenvalue weighted by molar-refractivity contribution is 5.98. The molecule has 0 radical (unpaired) electrons. The van der Waals surface area contributed by atoms with Crippen LogP contribution in [-0.2, 0) is 4.79 Å². The van der Waals surface area contributed by atoms with Gasteiger partial charge in [0.25, 0.3) is 0 Å². The zero-order chi connectivity index (χ0) is 18.0. The number of nitrogens with one attached hydrogen (secondary N) is 1. The molecule has 0 bridgehead atoms. The smallest absolute Gasteiger partial charge is 0.217 e. The Hall–Kier alpha value is -2.88. The number of fused-ring (bicyclic) bond motifs is 1. The minimum absolute atomic E-state index is 0.0107. The minimum atomic E-state index is -0.0285. The molecule has 0 aliphatic rings. The van der Waals surface area contributed by atoms with Crippen molar-refractivity contribution >= 4 is 16.8 Å². The Labute approximate surface area is 147 Å². The number of nitrogens with zero attached hydrogens (tertiary/aromatic N) is 1. The largest absolute Gasteiger partial charge is 0.494 e. The van der Waals surface area contributed by atoms with Crippen LogP contribution in [0.4, 0.5) is 0 Å². The predicted molar refractivity (Wildman–Crippen MR) is 101 cm³/mol. The second kappa shape index (κ2) is 6.93. The van der Waals surface area contributed by atoms with E-state index in [0.29, 0.717) is 0 Å². The molecule has 4 nitrogen and oxygen atoms in total. The molecule has 4 heteroatoms. The molecule has 3 rings (SSSR count). The van der Waals surface area contributed by atoms with Gasteiger partial charge < -0.3 is 10.1 Å². The van der Waals surface area contributed by atoms with Gasteiger partial charge in [-0.3, -0.25) is 4.79 Å². The summed E-state index contributed by atoms with van der Waals surface area (Å²) in [6.07, 6.45) is 0. The maximum atomic E-state index is 11.2. The monoisotopic (exact) mass is 334 g/mol. The van der Waals surface area contributed by atoms with E-state index in [1.807, 2.05) is 38.1 Å². The standard InChI is InChI=1S/C21H22N2O2/c1-13-5-10-19-18(11-12-20(25-4)21(19)22-13)17-8-6-16(7-9-17)14(2)23-15(3)24/h5-12,14H,1-4H3,(H,23,24)/t14-/m1/s1. The molecule has 0 unspecified atom stereocenters. The van der Waals surface area contributed by atoms with Crippen LogP contribution in [0.3, 0.4) is 0 Å². The number of aryl methyl sites for hydroxylation is 1. The van der Waals surface area contributed by atoms with Crippen molar-refractivity contribution < 1.29 is 9.53 Å². The van der Waals surface area contributed by atoms with Crippen molar-refractivity contribution in [1.82, 2.24) is 10.3 Å². The highest BCUT2D eigenvalue weighted by Crippen LogP contribution is 2.34. The second-order valence-electron chi connectivity index (χ2n) is 6.21. The van der Waals surface area contributed by atoms with E-state index in [1.54, 1.807) is 7.11 Å². The fourth-order valence-corrected chi connectivity index (χ4v) is 3.05. The Balaban J connectivity index is 2.03. The average molecular weight is 334 g/mol. The topological polar surface area (TPSA) is 51.2 Å². The van der Waals surface area contributed by atoms with E-state index in [4.69, 9.17) is 4.74 Å². The van der Waals surface area contributed by atoms with Crippen LogP contribution in [0.15, 0.2) is 48.5 Å². The first-order chi connectivity index (χ1) is 12.0. The molecule has 1 aromatic heterocycles. The number of ether oxygens (including phenoxy) is 1. The number of rotatable bonds is 4. The van der Waals surface area contributed by atoms with Crippen molar-refractivity contribution in [3.05, 3.63) is 59.8 Å². The van der Waals surface area contributed by atoms with Crippen molar-refractivity contribution in [2.24, 2.45) is 0 Å². The van der Waals surface area contributed by atoms with Crippen LogP contribution in [0.1, 0.15) is 31.1 Å². The predicted octanol–water partition coefficient (Wildman–Crippen LogP) is 4.42. The number of carbonyl (C=O) groups excluding carboxylic acids is 1. The Morgan fingerprint density at radius 2 is 1.80 bits per heavy atom. The van der Waals surface area contributed by atoms with Gasteiger partial charge >= 0.3 is 0 Å². The molecule has 0 saturated carbocycles. The fraction of sp³-hybridized carbons (Fsp3) is 0.238. The summed E-state index contributed by atoms with van der Waals surface area (Å²) in [6.45, 7) is 5.49. The summed E-state index contributed by atoms with van der Waals surface area (Å²) in [5.41, 5.74) is 5.13. The van der Waals surface area contributed by atoms with Crippen LogP contribution >= 0.6 is 0 Å². The summed E-state index contributed by atoms with van der Waals surface area (Å²) in [5, 5.41) is 3.97. The van der Waals surface area contributed by atoms with Crippen LogP contribution in [-0.4, -0.2) is 18.0 Å². The lowest BCUT2D eigenvalue weighted by molar-refractivity contribution is -0.119. The molecule has 1 N–H and O–H groups in total. The maximum absolute atomic E-state index is 11.2. The van der Waals surface area contributed by atoms with Gasteiger partial charge in [0, 0.05) is 18.0 Å². The summed E-state index contributed by atoms with van der Waals surface area (Å²) >= 11 is 0. The van der Waals surface area contributed by atoms with Crippen molar-refractivity contribution in [3.8, 4) is 16.9 Å². The third-order valence-corrected chi connectivity index (χ3v) is 4.32. The first kappa shape index (κ1) is 17.0. The van der Waals surface area contributed by atoms with Crippen molar-refractivity contribution in [2.75, 3.05) is 7.11 Å². The highest BCUT2D eigenvalue weighted by Gasteiger charge is 2.11. The van der Waals surface area contributed by atoms with Crippen LogP contribution in [0.2, 0.25) is 0 Å². The van der Waals surface area contributed by atoms with Crippen molar-refractivity contribution in [3.63, 3.8) is 0 Å². The fourth-order valence-electron chi connectivity index (χ4n) is 3.05. The number of methoxy groups -OCH3 is 1. The van der Waals surface area contributed by atoms with Crippen LogP contribution in [0.25, 0.3) is 22.0 Å². The summed E-state index contributed by atoms with van der Waals surface area (Å²) in [5.74, 6) is 0.748. The number of amides is 1. The number of aromatic nitrogens is 1. The Bertz CT molecular complexity index is 917. The Morgan fingerprint density at radius 1 is 1.08 bits per heavy atom. The molecule has 25 heavy (non-hydrogen) atoms. The molecule has 0 spiro atoms. The number of carbonyl (C=O) groups is 1. The van der Waals surface area contributed by atoms with Crippen molar-refractivity contribution in [2.45, 2.75) is 26.8 Å². The van der Waals surface area contributed by atoms with Crippen LogP contribution < -0.4 is 10.1 Å². The minimum Gasteiger partial charge on any atom is -0.494 e. The van der Waals surface area contributed by atoms with Crippen LogP contribution in [0.5, 0.6) is 5.75 Å². The van der Waals surface area contributed by atoms with Gasteiger partial charge in [0.15, 0.2) is 0 Å². The van der Waals surface area contributed by atoms with E-state index < -0.39 is 0 Å². The molecular weight excluding hydrogens is 312 g/mol. The van der Waals surface area contributed by atoms with Gasteiger partial charge in [-0.05, 0) is 48.7 Å². The van der Waals surface area contributed by atoms with E-state index in [1.165, 1.54) is 6.92 Å². The van der Waals surface area contributed by atoms with Gasteiger partial charge in [-0.1, -0.05) is 30.3 Å². The first-order valence-corrected chi connectivity index (χ1v) is 8.31. The van der Waals surface area contributed by atoms with Gasteiger partial charge in [0.2, 0.25) is 5.91 Å². The molecule has 0 saturated heterocycles. The number of hydrogen-bond donors (Lipinski definition) is 1. The lowest BCUT2D eigenvalue weighted by Crippen LogP contribution is -2.23. The lowest BCUT2D eigenvalue weighted by atomic mass is 9.97. The third kappa shape index (κ3) is 3.48. The normalized spacial score (nSPS) is 12.0. The maximum Gasteiger partial charge on any atom is 0.217 e. The molecule has 1 heterocycles. The van der Waals surface area contributed by atoms with Gasteiger partial charge in [-0.2, -0.15) is 0 Å². The second-order valence-corrected chi connectivity index (χ2v) is 6.21. The zero-order valence-corrected chi connectivity index (χ0v) is 15.0. The molecule has 3 aromatic rings. The van der Waals surface area contributed by atoms with E-state index in [9.17, 15) is 4.79 Å². The van der Waals surface area contributed by atoms with E-state index in [-0.39, 0.29) is 11.9 Å². The highest BCUT2D eigenvalue weighted by atomic mass is 16.5. The van der Waals surface area contributed by atoms with Gasteiger partial charge in [-0.15, -0.1) is 0 Å². The summed E-state index contributed by atoms with van der Waals surface area (Å²) in [4.78, 5) is 15.9. The molecule has 2 aromatic carbocycles. The first-order valence-electron chi connectivity index (χ1n) is 8.31. The molecule has 1 atom stereocenters. The quantitative estimate of drug-likeness (QED) is 0.768. The number of hydrogen-bond acceptors (Lipinski definition) is 3. The van der Waals surface area contributed by atoms with Crippen molar-refractivity contribution in [1.29, 1.82) is 0 Å². The molecule has 0 aliphatic carbocycles. The van der Waals surface area contributed by atoms with Gasteiger partial charge in [0.05, 0.1) is 13.2 Å². The Kier molecular flexibility index (Phi) is 4.70. The average Bonchev–Trinajstić information content (AvgIpc) is 2.60. The number of benzene rings is 2. The SMILES string of the molecule is COc1ccc(-c2ccc([C@@H](C)NC(C)=O)cc2)c2ccc(C)nc12. The Morgan fingerprint density at radius 3 is 2.44 bits per heavy atom. The lowest BCUT2D eigenvalue weighted by Gasteiger charge is -2.14. The summed E-state index contributed by atoms with van der Waals surface area (Å²) in [7, 11) is 1.66. The van der Waals surface area contributed by atoms with E-state index in [0.717, 1.165) is 39.0 Å². The molecule has 0 fully saturated rings. The third-order valence-electron chi connectivity index (χ3n) is 4.32. The molecule has 1 amide bonds. The van der Waals surface area contributed by atoms with E-state index >= 15 is 0 Å². The summed E-state index contributed by atoms with van der Waals surface area (Å²) < 4.78 is 5.46. The van der Waals surface area contributed by atoms with Gasteiger partial charge in [-0.25, -0.2) is 4.98 Å². The van der Waals surface area contributed by atoms with E-state index in [2.05, 4.69) is 34.6 Å². The molecular formula is C21H22N2O2. The molecule has 128 valence electrons. The number of pyridine rings is 1. The summed E-state index contributed by atoms with van der Waals surface area (Å²) in [6, 6.07) is 16.4.